The van der Waals surface area contributed by atoms with Gasteiger partial charge in [0.05, 0.1) is 0 Å². The van der Waals surface area contributed by atoms with Crippen molar-refractivity contribution in [3.63, 3.8) is 0 Å². The Morgan fingerprint density at radius 2 is 1.77 bits per heavy atom. The molecule has 5 nitrogen and oxygen atoms in total. The Morgan fingerprint density at radius 3 is 2.41 bits per heavy atom. The van der Waals surface area contributed by atoms with Crippen molar-refractivity contribution in [3.8, 4) is 0 Å². The van der Waals surface area contributed by atoms with Gasteiger partial charge in [0.25, 0.3) is 0 Å². The molecule has 2 aliphatic heterocycles. The lowest BCUT2D eigenvalue weighted by Gasteiger charge is -2.34. The highest BCUT2D eigenvalue weighted by Gasteiger charge is 2.20. The summed E-state index contributed by atoms with van der Waals surface area (Å²) >= 11 is 0. The zero-order chi connectivity index (χ0) is 15.9. The summed E-state index contributed by atoms with van der Waals surface area (Å²) < 4.78 is 0. The normalized spacial score (nSPS) is 23.7. The molecule has 0 spiro atoms. The van der Waals surface area contributed by atoms with E-state index in [0.29, 0.717) is 18.4 Å². The fourth-order valence-electron chi connectivity index (χ4n) is 3.32. The molecule has 0 aliphatic carbocycles. The smallest absolute Gasteiger partial charge is 0.223 e. The van der Waals surface area contributed by atoms with Crippen LogP contribution in [-0.2, 0) is 4.79 Å². The van der Waals surface area contributed by atoms with E-state index >= 15 is 0 Å². The number of likely N-dealkylation sites (tertiary alicyclic amines) is 1. The summed E-state index contributed by atoms with van der Waals surface area (Å²) in [6.45, 7) is 13.0. The molecular formula is C17H34N4O. The van der Waals surface area contributed by atoms with Gasteiger partial charge in [0.15, 0.2) is 0 Å². The van der Waals surface area contributed by atoms with E-state index in [-0.39, 0.29) is 0 Å². The third-order valence-electron chi connectivity index (χ3n) is 5.10. The number of hydrogen-bond donors (Lipinski definition) is 1. The predicted octanol–water partition coefficient (Wildman–Crippen LogP) is 0.861. The molecule has 0 saturated carbocycles. The van der Waals surface area contributed by atoms with Crippen molar-refractivity contribution >= 4 is 5.91 Å². The summed E-state index contributed by atoms with van der Waals surface area (Å²) in [5, 5.41) is 3.52. The van der Waals surface area contributed by atoms with Gasteiger partial charge in [-0.3, -0.25) is 9.69 Å². The van der Waals surface area contributed by atoms with Crippen molar-refractivity contribution in [2.75, 3.05) is 59.4 Å². The lowest BCUT2D eigenvalue weighted by atomic mass is 9.99. The van der Waals surface area contributed by atoms with Crippen LogP contribution in [0.15, 0.2) is 0 Å². The fraction of sp³-hybridized carbons (Fsp3) is 0.941. The number of nitrogens with one attached hydrogen (secondary N) is 1. The molecular weight excluding hydrogens is 276 g/mol. The molecule has 1 unspecified atom stereocenters. The molecule has 0 radical (unpaired) electrons. The number of rotatable bonds is 6. The van der Waals surface area contributed by atoms with Crippen LogP contribution in [0.25, 0.3) is 0 Å². The molecule has 128 valence electrons. The number of hydrogen-bond acceptors (Lipinski definition) is 4. The SMILES string of the molecule is CC1CCN(C(=O)CCNC(C)CN2CCN(C)CC2)CC1. The zero-order valence-corrected chi connectivity index (χ0v) is 14.7. The summed E-state index contributed by atoms with van der Waals surface area (Å²) in [7, 11) is 2.19. The van der Waals surface area contributed by atoms with Gasteiger partial charge >= 0.3 is 0 Å². The van der Waals surface area contributed by atoms with Crippen LogP contribution in [-0.4, -0.2) is 86.1 Å². The van der Waals surface area contributed by atoms with Crippen molar-refractivity contribution in [2.45, 2.75) is 39.2 Å². The van der Waals surface area contributed by atoms with E-state index in [1.165, 1.54) is 25.9 Å². The van der Waals surface area contributed by atoms with Gasteiger partial charge < -0.3 is 15.1 Å². The molecule has 0 aromatic carbocycles. The summed E-state index contributed by atoms with van der Waals surface area (Å²) in [6, 6.07) is 0.456. The van der Waals surface area contributed by atoms with Gasteiger partial charge in [-0.05, 0) is 32.7 Å². The molecule has 0 aromatic rings. The van der Waals surface area contributed by atoms with Crippen molar-refractivity contribution < 1.29 is 4.79 Å². The second kappa shape index (κ2) is 8.85. The van der Waals surface area contributed by atoms with E-state index in [1.807, 2.05) is 4.90 Å². The molecule has 22 heavy (non-hydrogen) atoms. The number of carbonyl (C=O) groups excluding carboxylic acids is 1. The van der Waals surface area contributed by atoms with Crippen LogP contribution in [0.3, 0.4) is 0 Å². The van der Waals surface area contributed by atoms with E-state index in [2.05, 4.69) is 36.0 Å². The number of piperidine rings is 1. The Hall–Kier alpha value is -0.650. The molecule has 2 rings (SSSR count). The third kappa shape index (κ3) is 5.86. The van der Waals surface area contributed by atoms with Crippen LogP contribution >= 0.6 is 0 Å². The second-order valence-corrected chi connectivity index (χ2v) is 7.27. The van der Waals surface area contributed by atoms with Crippen LogP contribution in [0.5, 0.6) is 0 Å². The van der Waals surface area contributed by atoms with Gasteiger partial charge in [-0.15, -0.1) is 0 Å². The highest BCUT2D eigenvalue weighted by atomic mass is 16.2. The Kier molecular flexibility index (Phi) is 7.12. The van der Waals surface area contributed by atoms with Crippen molar-refractivity contribution in [2.24, 2.45) is 5.92 Å². The van der Waals surface area contributed by atoms with Gasteiger partial charge in [-0.2, -0.15) is 0 Å². The molecule has 2 saturated heterocycles. The van der Waals surface area contributed by atoms with Gasteiger partial charge in [-0.1, -0.05) is 6.92 Å². The second-order valence-electron chi connectivity index (χ2n) is 7.27. The Morgan fingerprint density at radius 1 is 1.14 bits per heavy atom. The minimum Gasteiger partial charge on any atom is -0.343 e. The molecule has 2 heterocycles. The Bertz CT molecular complexity index is 334. The Balaban J connectivity index is 1.56. The monoisotopic (exact) mass is 310 g/mol. The van der Waals surface area contributed by atoms with Crippen LogP contribution in [0.1, 0.15) is 33.1 Å². The first kappa shape index (κ1) is 17.7. The quantitative estimate of drug-likeness (QED) is 0.790. The highest BCUT2D eigenvalue weighted by molar-refractivity contribution is 5.76. The van der Waals surface area contributed by atoms with Crippen LogP contribution in [0.2, 0.25) is 0 Å². The van der Waals surface area contributed by atoms with E-state index in [9.17, 15) is 4.79 Å². The minimum absolute atomic E-state index is 0.325. The van der Waals surface area contributed by atoms with Gasteiger partial charge in [-0.25, -0.2) is 0 Å². The maximum atomic E-state index is 12.2. The number of likely N-dealkylation sites (N-methyl/N-ethyl adjacent to an activating group) is 1. The largest absolute Gasteiger partial charge is 0.343 e. The predicted molar refractivity (Wildman–Crippen MR) is 91.0 cm³/mol. The first-order valence-electron chi connectivity index (χ1n) is 8.96. The lowest BCUT2D eigenvalue weighted by Crippen LogP contribution is -2.49. The number of piperazine rings is 1. The molecule has 1 atom stereocenters. The lowest BCUT2D eigenvalue weighted by molar-refractivity contribution is -0.132. The number of nitrogens with zero attached hydrogens (tertiary/aromatic N) is 3. The molecule has 2 fully saturated rings. The van der Waals surface area contributed by atoms with Gasteiger partial charge in [0.1, 0.15) is 0 Å². The van der Waals surface area contributed by atoms with Gasteiger partial charge in [0, 0.05) is 64.8 Å². The fourth-order valence-corrected chi connectivity index (χ4v) is 3.32. The Labute approximate surface area is 136 Å². The summed E-state index contributed by atoms with van der Waals surface area (Å²) in [5.74, 6) is 1.11. The maximum Gasteiger partial charge on any atom is 0.223 e. The van der Waals surface area contributed by atoms with Gasteiger partial charge in [0.2, 0.25) is 5.91 Å². The first-order chi connectivity index (χ1) is 10.5. The first-order valence-corrected chi connectivity index (χ1v) is 8.96. The minimum atomic E-state index is 0.325. The standard InChI is InChI=1S/C17H34N4O/c1-15-5-8-21(9-6-15)17(22)4-7-18-16(2)14-20-12-10-19(3)11-13-20/h15-16,18H,4-14H2,1-3H3. The van der Waals surface area contributed by atoms with E-state index in [4.69, 9.17) is 0 Å². The number of carbonyl (C=O) groups is 1. The third-order valence-corrected chi connectivity index (χ3v) is 5.10. The van der Waals surface area contributed by atoms with Crippen molar-refractivity contribution in [1.82, 2.24) is 20.0 Å². The summed E-state index contributed by atoms with van der Waals surface area (Å²) in [6.07, 6.45) is 2.97. The van der Waals surface area contributed by atoms with Crippen molar-refractivity contribution in [3.05, 3.63) is 0 Å². The topological polar surface area (TPSA) is 38.8 Å². The average molecular weight is 310 g/mol. The van der Waals surface area contributed by atoms with Crippen molar-refractivity contribution in [1.29, 1.82) is 0 Å². The van der Waals surface area contributed by atoms with E-state index < -0.39 is 0 Å². The van der Waals surface area contributed by atoms with E-state index in [0.717, 1.165) is 45.2 Å². The summed E-state index contributed by atoms with van der Waals surface area (Å²) in [5.41, 5.74) is 0. The van der Waals surface area contributed by atoms with Crippen LogP contribution in [0.4, 0.5) is 0 Å². The molecule has 1 N–H and O–H groups in total. The highest BCUT2D eigenvalue weighted by Crippen LogP contribution is 2.16. The average Bonchev–Trinajstić information content (AvgIpc) is 2.50. The van der Waals surface area contributed by atoms with Crippen LogP contribution < -0.4 is 5.32 Å². The molecule has 5 heteroatoms. The molecule has 0 bridgehead atoms. The maximum absolute atomic E-state index is 12.2. The zero-order valence-electron chi connectivity index (χ0n) is 14.7. The number of amides is 1. The van der Waals surface area contributed by atoms with E-state index in [1.54, 1.807) is 0 Å². The van der Waals surface area contributed by atoms with Crippen LogP contribution in [0, 0.1) is 5.92 Å². The molecule has 0 aromatic heterocycles. The molecule has 1 amide bonds. The summed E-state index contributed by atoms with van der Waals surface area (Å²) in [4.78, 5) is 19.1. The molecule has 2 aliphatic rings.